The van der Waals surface area contributed by atoms with Gasteiger partial charge in [0.25, 0.3) is 0 Å². The van der Waals surface area contributed by atoms with Crippen molar-refractivity contribution in [3.05, 3.63) is 65.2 Å². The lowest BCUT2D eigenvalue weighted by Crippen LogP contribution is -2.18. The molecule has 0 fully saturated rings. The molecule has 2 aromatic rings. The van der Waals surface area contributed by atoms with Gasteiger partial charge in [0.15, 0.2) is 5.84 Å². The van der Waals surface area contributed by atoms with Crippen molar-refractivity contribution < 1.29 is 9.60 Å². The fraction of sp³-hybridized carbons (Fsp3) is 0.143. The molecule has 1 heterocycles. The quantitative estimate of drug-likeness (QED) is 0.335. The lowest BCUT2D eigenvalue weighted by Gasteiger charge is -2.08. The molecule has 6 heteroatoms. The zero-order chi connectivity index (χ0) is 14.4. The van der Waals surface area contributed by atoms with Crippen LogP contribution >= 0.6 is 0 Å². The average Bonchev–Trinajstić information content (AvgIpc) is 2.49. The van der Waals surface area contributed by atoms with Crippen LogP contribution in [0.2, 0.25) is 0 Å². The molecule has 0 atom stereocenters. The molecule has 5 nitrogen and oxygen atoms in total. The molecule has 1 aromatic carbocycles. The molecule has 0 saturated heterocycles. The van der Waals surface area contributed by atoms with Gasteiger partial charge in [0.1, 0.15) is 5.82 Å². The Labute approximate surface area is 116 Å². The fourth-order valence-electron chi connectivity index (χ4n) is 1.81. The molecule has 1 aromatic heterocycles. The third kappa shape index (κ3) is 3.30. The first-order valence-corrected chi connectivity index (χ1v) is 6.07. The van der Waals surface area contributed by atoms with Crippen LogP contribution in [0, 0.1) is 5.82 Å². The number of rotatable bonds is 5. The SMILES string of the molecule is N/C(=N/O)c1cccc(CNCc2ccncc2)c1F. The third-order valence-electron chi connectivity index (χ3n) is 2.86. The van der Waals surface area contributed by atoms with E-state index in [9.17, 15) is 4.39 Å². The van der Waals surface area contributed by atoms with Crippen LogP contribution in [-0.4, -0.2) is 16.0 Å². The highest BCUT2D eigenvalue weighted by Crippen LogP contribution is 2.13. The molecule has 0 radical (unpaired) electrons. The summed E-state index contributed by atoms with van der Waals surface area (Å²) in [6, 6.07) is 8.56. The number of nitrogens with two attached hydrogens (primary N) is 1. The number of nitrogens with zero attached hydrogens (tertiary/aromatic N) is 2. The Hall–Kier alpha value is -2.47. The fourth-order valence-corrected chi connectivity index (χ4v) is 1.81. The highest BCUT2D eigenvalue weighted by Gasteiger charge is 2.10. The van der Waals surface area contributed by atoms with Crippen LogP contribution in [0.1, 0.15) is 16.7 Å². The Morgan fingerprint density at radius 3 is 2.70 bits per heavy atom. The van der Waals surface area contributed by atoms with E-state index in [2.05, 4.69) is 15.5 Å². The van der Waals surface area contributed by atoms with Crippen molar-refractivity contribution in [1.82, 2.24) is 10.3 Å². The number of oxime groups is 1. The van der Waals surface area contributed by atoms with Crippen molar-refractivity contribution in [1.29, 1.82) is 0 Å². The molecule has 4 N–H and O–H groups in total. The number of hydrogen-bond donors (Lipinski definition) is 3. The van der Waals surface area contributed by atoms with Crippen LogP contribution in [0.25, 0.3) is 0 Å². The van der Waals surface area contributed by atoms with Gasteiger partial charge in [-0.3, -0.25) is 4.98 Å². The van der Waals surface area contributed by atoms with Gasteiger partial charge in [0.05, 0.1) is 5.56 Å². The summed E-state index contributed by atoms with van der Waals surface area (Å²) in [5.74, 6) is -0.719. The highest BCUT2D eigenvalue weighted by atomic mass is 19.1. The number of hydrogen-bond acceptors (Lipinski definition) is 4. The molecule has 0 aliphatic heterocycles. The van der Waals surface area contributed by atoms with E-state index in [1.807, 2.05) is 12.1 Å². The molecule has 0 saturated carbocycles. The lowest BCUT2D eigenvalue weighted by atomic mass is 10.1. The topological polar surface area (TPSA) is 83.5 Å². The van der Waals surface area contributed by atoms with E-state index >= 15 is 0 Å². The number of benzene rings is 1. The van der Waals surface area contributed by atoms with Crippen LogP contribution in [0.4, 0.5) is 4.39 Å². The van der Waals surface area contributed by atoms with E-state index in [0.29, 0.717) is 18.7 Å². The minimum atomic E-state index is -0.481. The van der Waals surface area contributed by atoms with E-state index in [0.717, 1.165) is 5.56 Å². The summed E-state index contributed by atoms with van der Waals surface area (Å²) in [5.41, 5.74) is 7.03. The standard InChI is InChI=1S/C14H15FN4O/c15-13-11(2-1-3-12(13)14(16)19-20)9-18-8-10-4-6-17-7-5-10/h1-7,18,20H,8-9H2,(H2,16,19). The summed E-state index contributed by atoms with van der Waals surface area (Å²) < 4.78 is 14.1. The summed E-state index contributed by atoms with van der Waals surface area (Å²) in [6.07, 6.45) is 3.41. The summed E-state index contributed by atoms with van der Waals surface area (Å²) in [4.78, 5) is 3.93. The smallest absolute Gasteiger partial charge is 0.173 e. The lowest BCUT2D eigenvalue weighted by molar-refractivity contribution is 0.318. The van der Waals surface area contributed by atoms with Gasteiger partial charge in [-0.15, -0.1) is 0 Å². The van der Waals surface area contributed by atoms with E-state index < -0.39 is 5.82 Å². The zero-order valence-corrected chi connectivity index (χ0v) is 10.8. The van der Waals surface area contributed by atoms with Gasteiger partial charge in [-0.2, -0.15) is 0 Å². The molecule has 0 unspecified atom stereocenters. The number of amidine groups is 1. The first kappa shape index (κ1) is 14.0. The third-order valence-corrected chi connectivity index (χ3v) is 2.86. The van der Waals surface area contributed by atoms with Crippen molar-refractivity contribution in [2.75, 3.05) is 0 Å². The predicted molar refractivity (Wildman–Crippen MR) is 73.7 cm³/mol. The molecule has 20 heavy (non-hydrogen) atoms. The van der Waals surface area contributed by atoms with E-state index in [4.69, 9.17) is 10.9 Å². The van der Waals surface area contributed by atoms with Crippen molar-refractivity contribution in [3.8, 4) is 0 Å². The minimum Gasteiger partial charge on any atom is -0.409 e. The predicted octanol–water partition coefficient (Wildman–Crippen LogP) is 1.60. The molecule has 104 valence electrons. The maximum absolute atomic E-state index is 14.1. The second-order valence-electron chi connectivity index (χ2n) is 4.22. The van der Waals surface area contributed by atoms with E-state index in [-0.39, 0.29) is 11.4 Å². The Bertz CT molecular complexity index is 601. The molecule has 0 aliphatic carbocycles. The van der Waals surface area contributed by atoms with Crippen LogP contribution in [0.5, 0.6) is 0 Å². The Balaban J connectivity index is 2.03. The summed E-state index contributed by atoms with van der Waals surface area (Å²) in [7, 11) is 0. The highest BCUT2D eigenvalue weighted by molar-refractivity contribution is 5.97. The summed E-state index contributed by atoms with van der Waals surface area (Å²) in [5, 5.41) is 14.6. The largest absolute Gasteiger partial charge is 0.409 e. The Morgan fingerprint density at radius 1 is 1.25 bits per heavy atom. The number of pyridine rings is 1. The van der Waals surface area contributed by atoms with Gasteiger partial charge in [0, 0.05) is 31.0 Å². The van der Waals surface area contributed by atoms with Crippen molar-refractivity contribution in [2.45, 2.75) is 13.1 Å². The van der Waals surface area contributed by atoms with Gasteiger partial charge in [-0.1, -0.05) is 17.3 Å². The number of halogens is 1. The second kappa shape index (κ2) is 6.63. The molecule has 0 aliphatic rings. The molecule has 0 amide bonds. The molecule has 2 rings (SSSR count). The number of nitrogens with one attached hydrogen (secondary N) is 1. The van der Waals surface area contributed by atoms with E-state index in [1.165, 1.54) is 6.07 Å². The minimum absolute atomic E-state index is 0.0933. The maximum Gasteiger partial charge on any atom is 0.173 e. The zero-order valence-electron chi connectivity index (χ0n) is 10.8. The Morgan fingerprint density at radius 2 is 2.00 bits per heavy atom. The molecule has 0 bridgehead atoms. The van der Waals surface area contributed by atoms with Crippen LogP contribution in [0.15, 0.2) is 47.9 Å². The molecular weight excluding hydrogens is 259 g/mol. The first-order chi connectivity index (χ1) is 9.72. The maximum atomic E-state index is 14.1. The van der Waals surface area contributed by atoms with E-state index in [1.54, 1.807) is 24.5 Å². The van der Waals surface area contributed by atoms with Gasteiger partial charge in [0.2, 0.25) is 0 Å². The van der Waals surface area contributed by atoms with Gasteiger partial charge >= 0.3 is 0 Å². The van der Waals surface area contributed by atoms with Crippen LogP contribution < -0.4 is 11.1 Å². The van der Waals surface area contributed by atoms with Crippen molar-refractivity contribution in [3.63, 3.8) is 0 Å². The second-order valence-corrected chi connectivity index (χ2v) is 4.22. The summed E-state index contributed by atoms with van der Waals surface area (Å²) >= 11 is 0. The normalized spacial score (nSPS) is 11.6. The molecular formula is C14H15FN4O. The van der Waals surface area contributed by atoms with Gasteiger partial charge < -0.3 is 16.3 Å². The van der Waals surface area contributed by atoms with Crippen LogP contribution in [-0.2, 0) is 13.1 Å². The molecule has 0 spiro atoms. The van der Waals surface area contributed by atoms with Gasteiger partial charge in [-0.05, 0) is 23.8 Å². The van der Waals surface area contributed by atoms with Crippen molar-refractivity contribution >= 4 is 5.84 Å². The number of aromatic nitrogens is 1. The monoisotopic (exact) mass is 274 g/mol. The Kier molecular flexibility index (Phi) is 4.62. The van der Waals surface area contributed by atoms with Crippen molar-refractivity contribution in [2.24, 2.45) is 10.9 Å². The van der Waals surface area contributed by atoms with Gasteiger partial charge in [-0.25, -0.2) is 4.39 Å². The average molecular weight is 274 g/mol. The summed E-state index contributed by atoms with van der Waals surface area (Å²) in [6.45, 7) is 0.955. The first-order valence-electron chi connectivity index (χ1n) is 6.07. The van der Waals surface area contributed by atoms with Crippen LogP contribution in [0.3, 0.4) is 0 Å².